The average molecular weight is 377 g/mol. The molecule has 0 atom stereocenters. The van der Waals surface area contributed by atoms with Crippen molar-refractivity contribution in [3.8, 4) is 5.75 Å². The van der Waals surface area contributed by atoms with Crippen LogP contribution in [-0.2, 0) is 6.61 Å². The first-order chi connectivity index (χ1) is 11.0. The van der Waals surface area contributed by atoms with Gasteiger partial charge in [0, 0.05) is 27.1 Å². The summed E-state index contributed by atoms with van der Waals surface area (Å²) in [4.78, 5) is 11.8. The molecule has 3 nitrogen and oxygen atoms in total. The number of halogens is 2. The molecule has 118 valence electrons. The second-order valence-electron chi connectivity index (χ2n) is 5.32. The Morgan fingerprint density at radius 2 is 1.91 bits per heavy atom. The fourth-order valence-electron chi connectivity index (χ4n) is 2.32. The summed E-state index contributed by atoms with van der Waals surface area (Å²) >= 11 is 3.22. The van der Waals surface area contributed by atoms with Gasteiger partial charge < -0.3 is 9.15 Å². The van der Waals surface area contributed by atoms with E-state index in [-0.39, 0.29) is 18.0 Å². The van der Waals surface area contributed by atoms with Gasteiger partial charge in [-0.05, 0) is 43.7 Å². The zero-order chi connectivity index (χ0) is 16.6. The average Bonchev–Trinajstić information content (AvgIpc) is 2.52. The van der Waals surface area contributed by atoms with Gasteiger partial charge in [0.1, 0.15) is 23.8 Å². The van der Waals surface area contributed by atoms with Gasteiger partial charge in [0.15, 0.2) is 0 Å². The summed E-state index contributed by atoms with van der Waals surface area (Å²) in [7, 11) is 0. The summed E-state index contributed by atoms with van der Waals surface area (Å²) in [6.45, 7) is 3.72. The SMILES string of the molecule is Cc1c(C)c2ccc(OCc3ccc(Br)cc3F)cc2oc1=O. The molecule has 0 saturated carbocycles. The van der Waals surface area contributed by atoms with E-state index in [1.54, 1.807) is 31.2 Å². The van der Waals surface area contributed by atoms with Crippen molar-refractivity contribution < 1.29 is 13.5 Å². The summed E-state index contributed by atoms with van der Waals surface area (Å²) in [5.74, 6) is 0.185. The van der Waals surface area contributed by atoms with Crippen molar-refractivity contribution in [1.29, 1.82) is 0 Å². The number of hydrogen-bond acceptors (Lipinski definition) is 3. The molecule has 1 heterocycles. The van der Waals surface area contributed by atoms with Crippen molar-refractivity contribution in [1.82, 2.24) is 0 Å². The smallest absolute Gasteiger partial charge is 0.339 e. The van der Waals surface area contributed by atoms with Crippen molar-refractivity contribution in [3.05, 3.63) is 73.8 Å². The molecule has 0 bridgehead atoms. The van der Waals surface area contributed by atoms with Crippen LogP contribution in [0.2, 0.25) is 0 Å². The van der Waals surface area contributed by atoms with Crippen LogP contribution in [0.1, 0.15) is 16.7 Å². The second kappa shape index (κ2) is 6.16. The minimum Gasteiger partial charge on any atom is -0.489 e. The van der Waals surface area contributed by atoms with Crippen LogP contribution in [0, 0.1) is 19.7 Å². The minimum atomic E-state index is -0.355. The highest BCUT2D eigenvalue weighted by atomic mass is 79.9. The Hall–Kier alpha value is -2.14. The Balaban J connectivity index is 1.89. The molecule has 3 aromatic rings. The molecule has 0 radical (unpaired) electrons. The molecule has 0 unspecified atom stereocenters. The van der Waals surface area contributed by atoms with E-state index in [2.05, 4.69) is 15.9 Å². The molecule has 1 aromatic heterocycles. The van der Waals surface area contributed by atoms with Crippen LogP contribution in [0.25, 0.3) is 11.0 Å². The lowest BCUT2D eigenvalue weighted by Gasteiger charge is -2.09. The lowest BCUT2D eigenvalue weighted by atomic mass is 10.1. The highest BCUT2D eigenvalue weighted by Crippen LogP contribution is 2.25. The zero-order valence-electron chi connectivity index (χ0n) is 12.7. The van der Waals surface area contributed by atoms with Crippen molar-refractivity contribution >= 4 is 26.9 Å². The van der Waals surface area contributed by atoms with Gasteiger partial charge in [-0.1, -0.05) is 22.0 Å². The molecule has 0 N–H and O–H groups in total. The summed E-state index contributed by atoms with van der Waals surface area (Å²) in [6.07, 6.45) is 0. The Kier molecular flexibility index (Phi) is 4.22. The van der Waals surface area contributed by atoms with Crippen LogP contribution in [-0.4, -0.2) is 0 Å². The topological polar surface area (TPSA) is 39.4 Å². The summed E-state index contributed by atoms with van der Waals surface area (Å²) in [5, 5.41) is 0.865. The molecule has 0 saturated heterocycles. The maximum atomic E-state index is 13.8. The third-order valence-corrected chi connectivity index (χ3v) is 4.33. The number of fused-ring (bicyclic) bond motifs is 1. The minimum absolute atomic E-state index is 0.0969. The number of aryl methyl sites for hydroxylation is 1. The normalized spacial score (nSPS) is 11.0. The molecule has 0 amide bonds. The van der Waals surface area contributed by atoms with Gasteiger partial charge in [-0.3, -0.25) is 0 Å². The first kappa shape index (κ1) is 15.7. The van der Waals surface area contributed by atoms with E-state index in [0.29, 0.717) is 26.9 Å². The number of rotatable bonds is 3. The van der Waals surface area contributed by atoms with Crippen LogP contribution in [0.3, 0.4) is 0 Å². The molecule has 0 spiro atoms. The fourth-order valence-corrected chi connectivity index (χ4v) is 2.65. The third kappa shape index (κ3) is 3.15. The third-order valence-electron chi connectivity index (χ3n) is 3.84. The quantitative estimate of drug-likeness (QED) is 0.610. The molecular weight excluding hydrogens is 363 g/mol. The maximum Gasteiger partial charge on any atom is 0.339 e. The van der Waals surface area contributed by atoms with Gasteiger partial charge in [-0.2, -0.15) is 0 Å². The molecular formula is C18H14BrFO3. The molecule has 2 aromatic carbocycles. The lowest BCUT2D eigenvalue weighted by Crippen LogP contribution is -2.05. The largest absolute Gasteiger partial charge is 0.489 e. The van der Waals surface area contributed by atoms with E-state index in [9.17, 15) is 9.18 Å². The van der Waals surface area contributed by atoms with Crippen LogP contribution in [0.15, 0.2) is 50.1 Å². The van der Waals surface area contributed by atoms with Gasteiger partial charge in [-0.15, -0.1) is 0 Å². The van der Waals surface area contributed by atoms with Crippen LogP contribution in [0.5, 0.6) is 5.75 Å². The second-order valence-corrected chi connectivity index (χ2v) is 6.24. The molecule has 0 aliphatic heterocycles. The Bertz CT molecular complexity index is 947. The molecule has 0 aliphatic carbocycles. The van der Waals surface area contributed by atoms with Gasteiger partial charge in [0.05, 0.1) is 0 Å². The highest BCUT2D eigenvalue weighted by Gasteiger charge is 2.09. The van der Waals surface area contributed by atoms with Crippen molar-refractivity contribution in [2.45, 2.75) is 20.5 Å². The Labute approximate surface area is 140 Å². The lowest BCUT2D eigenvalue weighted by molar-refractivity contribution is 0.299. The summed E-state index contributed by atoms with van der Waals surface area (Å²) in [5.41, 5.74) is 2.05. The monoisotopic (exact) mass is 376 g/mol. The molecule has 0 fully saturated rings. The predicted octanol–water partition coefficient (Wildman–Crippen LogP) is 4.89. The highest BCUT2D eigenvalue weighted by molar-refractivity contribution is 9.10. The Morgan fingerprint density at radius 3 is 2.65 bits per heavy atom. The Morgan fingerprint density at radius 1 is 1.13 bits per heavy atom. The maximum absolute atomic E-state index is 13.8. The van der Waals surface area contributed by atoms with Crippen molar-refractivity contribution in [2.24, 2.45) is 0 Å². The number of benzene rings is 2. The molecule has 0 aliphatic rings. The first-order valence-corrected chi connectivity index (χ1v) is 7.86. The van der Waals surface area contributed by atoms with Crippen molar-refractivity contribution in [2.75, 3.05) is 0 Å². The van der Waals surface area contributed by atoms with Crippen molar-refractivity contribution in [3.63, 3.8) is 0 Å². The van der Waals surface area contributed by atoms with E-state index in [0.717, 1.165) is 10.9 Å². The van der Waals surface area contributed by atoms with Crippen LogP contribution >= 0.6 is 15.9 Å². The molecule has 5 heteroatoms. The standard InChI is InChI=1S/C18H14BrFO3/c1-10-11(2)18(21)23-17-8-14(5-6-15(10)17)22-9-12-3-4-13(19)7-16(12)20/h3-8H,9H2,1-2H3. The summed E-state index contributed by atoms with van der Waals surface area (Å²) in [6, 6.07) is 10.1. The summed E-state index contributed by atoms with van der Waals surface area (Å²) < 4.78 is 25.4. The molecule has 23 heavy (non-hydrogen) atoms. The first-order valence-electron chi connectivity index (χ1n) is 7.06. The number of hydrogen-bond donors (Lipinski definition) is 0. The van der Waals surface area contributed by atoms with Crippen LogP contribution in [0.4, 0.5) is 4.39 Å². The van der Waals surface area contributed by atoms with E-state index in [1.807, 2.05) is 13.0 Å². The molecule has 3 rings (SSSR count). The van der Waals surface area contributed by atoms with Gasteiger partial charge in [0.25, 0.3) is 0 Å². The van der Waals surface area contributed by atoms with E-state index >= 15 is 0 Å². The zero-order valence-corrected chi connectivity index (χ0v) is 14.2. The van der Waals surface area contributed by atoms with E-state index in [1.165, 1.54) is 6.07 Å². The van der Waals surface area contributed by atoms with E-state index < -0.39 is 0 Å². The predicted molar refractivity (Wildman–Crippen MR) is 90.4 cm³/mol. The fraction of sp³-hybridized carbons (Fsp3) is 0.167. The van der Waals surface area contributed by atoms with Gasteiger partial charge >= 0.3 is 5.63 Å². The van der Waals surface area contributed by atoms with Crippen LogP contribution < -0.4 is 10.4 Å². The van der Waals surface area contributed by atoms with Gasteiger partial charge in [0.2, 0.25) is 0 Å². The van der Waals surface area contributed by atoms with Gasteiger partial charge in [-0.25, -0.2) is 9.18 Å². The van der Waals surface area contributed by atoms with E-state index in [4.69, 9.17) is 9.15 Å². The number of ether oxygens (including phenoxy) is 1.